The van der Waals surface area contributed by atoms with Crippen LogP contribution in [-0.2, 0) is 0 Å². The van der Waals surface area contributed by atoms with E-state index < -0.39 is 4.92 Å². The van der Waals surface area contributed by atoms with E-state index in [1.165, 1.54) is 36.1 Å². The lowest BCUT2D eigenvalue weighted by Crippen LogP contribution is -1.88. The summed E-state index contributed by atoms with van der Waals surface area (Å²) in [6.45, 7) is 1.42. The van der Waals surface area contributed by atoms with Gasteiger partial charge in [0.15, 0.2) is 5.78 Å². The average Bonchev–Trinajstić information content (AvgIpc) is 2.92. The Morgan fingerprint density at radius 1 is 1.18 bits per heavy atom. The van der Waals surface area contributed by atoms with Gasteiger partial charge in [0.2, 0.25) is 0 Å². The molecular formula is C16H11NO3S2. The first kappa shape index (κ1) is 14.7. The van der Waals surface area contributed by atoms with Crippen molar-refractivity contribution < 1.29 is 9.72 Å². The van der Waals surface area contributed by atoms with Crippen molar-refractivity contribution in [2.24, 2.45) is 0 Å². The number of carbonyl (C=O) groups is 1. The van der Waals surface area contributed by atoms with E-state index in [1.807, 2.05) is 42.5 Å². The first-order valence-electron chi connectivity index (χ1n) is 6.51. The van der Waals surface area contributed by atoms with Crippen LogP contribution in [0.5, 0.6) is 0 Å². The van der Waals surface area contributed by atoms with Gasteiger partial charge in [-0.3, -0.25) is 14.9 Å². The van der Waals surface area contributed by atoms with Crippen molar-refractivity contribution in [3.63, 3.8) is 0 Å². The SMILES string of the molecule is CC(=O)c1cc([N+](=O)[O-])c(Sc2cccc3ccccc23)s1. The second-order valence-corrected chi connectivity index (χ2v) is 7.04. The summed E-state index contributed by atoms with van der Waals surface area (Å²) in [6, 6.07) is 15.1. The Hall–Kier alpha value is -2.18. The summed E-state index contributed by atoms with van der Waals surface area (Å²) in [5, 5.41) is 13.3. The van der Waals surface area contributed by atoms with Crippen molar-refractivity contribution in [3.05, 3.63) is 63.5 Å². The summed E-state index contributed by atoms with van der Waals surface area (Å²) in [5.41, 5.74) is -0.00636. The van der Waals surface area contributed by atoms with Gasteiger partial charge in [-0.2, -0.15) is 0 Å². The van der Waals surface area contributed by atoms with E-state index in [4.69, 9.17) is 0 Å². The third kappa shape index (κ3) is 2.75. The molecule has 0 bridgehead atoms. The molecule has 6 heteroatoms. The number of hydrogen-bond donors (Lipinski definition) is 0. The predicted octanol–water partition coefficient (Wildman–Crippen LogP) is 5.16. The van der Waals surface area contributed by atoms with Gasteiger partial charge >= 0.3 is 0 Å². The van der Waals surface area contributed by atoms with E-state index in [0.717, 1.165) is 15.7 Å². The maximum Gasteiger partial charge on any atom is 0.294 e. The van der Waals surface area contributed by atoms with Crippen molar-refractivity contribution >= 4 is 45.3 Å². The van der Waals surface area contributed by atoms with Crippen molar-refractivity contribution in [1.82, 2.24) is 0 Å². The molecular weight excluding hydrogens is 318 g/mol. The third-order valence-corrected chi connectivity index (χ3v) is 5.67. The fourth-order valence-corrected chi connectivity index (χ4v) is 4.46. The molecule has 3 aromatic rings. The highest BCUT2D eigenvalue weighted by atomic mass is 32.2. The lowest BCUT2D eigenvalue weighted by Gasteiger charge is -2.04. The Kier molecular flexibility index (Phi) is 3.96. The van der Waals surface area contributed by atoms with Gasteiger partial charge < -0.3 is 0 Å². The summed E-state index contributed by atoms with van der Waals surface area (Å²) >= 11 is 2.51. The van der Waals surface area contributed by atoms with Gasteiger partial charge in [-0.05, 0) is 23.8 Å². The molecule has 0 saturated carbocycles. The van der Waals surface area contributed by atoms with Crippen LogP contribution in [-0.4, -0.2) is 10.7 Å². The fourth-order valence-electron chi connectivity index (χ4n) is 2.12. The summed E-state index contributed by atoms with van der Waals surface area (Å²) in [4.78, 5) is 23.6. The van der Waals surface area contributed by atoms with E-state index in [2.05, 4.69) is 0 Å². The highest BCUT2D eigenvalue weighted by molar-refractivity contribution is 8.01. The molecule has 4 nitrogen and oxygen atoms in total. The normalized spacial score (nSPS) is 10.8. The topological polar surface area (TPSA) is 60.2 Å². The molecule has 0 aliphatic rings. The van der Waals surface area contributed by atoms with E-state index in [0.29, 0.717) is 9.09 Å². The van der Waals surface area contributed by atoms with E-state index >= 15 is 0 Å². The van der Waals surface area contributed by atoms with E-state index in [-0.39, 0.29) is 11.5 Å². The molecule has 0 saturated heterocycles. The Balaban J connectivity index is 2.08. The highest BCUT2D eigenvalue weighted by Crippen LogP contribution is 2.43. The second-order valence-electron chi connectivity index (χ2n) is 4.68. The van der Waals surface area contributed by atoms with Crippen molar-refractivity contribution in [2.45, 2.75) is 16.0 Å². The Morgan fingerprint density at radius 3 is 2.64 bits per heavy atom. The molecule has 0 spiro atoms. The van der Waals surface area contributed by atoms with Gasteiger partial charge in [0.05, 0.1) is 9.80 Å². The van der Waals surface area contributed by atoms with Gasteiger partial charge in [0.1, 0.15) is 4.21 Å². The molecule has 1 aromatic heterocycles. The minimum Gasteiger partial charge on any atom is -0.294 e. The standard InChI is InChI=1S/C16H11NO3S2/c1-10(18)15-9-13(17(19)20)16(22-15)21-14-8-4-6-11-5-2-3-7-12(11)14/h2-9H,1H3. The summed E-state index contributed by atoms with van der Waals surface area (Å²) < 4.78 is 0.534. The van der Waals surface area contributed by atoms with Gasteiger partial charge in [-0.1, -0.05) is 48.2 Å². The zero-order valence-corrected chi connectivity index (χ0v) is 13.2. The van der Waals surface area contributed by atoms with Gasteiger partial charge in [0.25, 0.3) is 5.69 Å². The van der Waals surface area contributed by atoms with E-state index in [1.54, 1.807) is 0 Å². The Bertz CT molecular complexity index is 881. The molecule has 22 heavy (non-hydrogen) atoms. The number of hydrogen-bond acceptors (Lipinski definition) is 5. The molecule has 0 N–H and O–H groups in total. The van der Waals surface area contributed by atoms with Gasteiger partial charge in [0, 0.05) is 11.0 Å². The molecule has 110 valence electrons. The number of ketones is 1. The van der Waals surface area contributed by atoms with Crippen LogP contribution in [0.15, 0.2) is 57.6 Å². The molecule has 3 rings (SSSR count). The number of Topliss-reactive ketones (excluding diaryl/α,β-unsaturated/α-hetero) is 1. The van der Waals surface area contributed by atoms with Crippen molar-refractivity contribution in [3.8, 4) is 0 Å². The minimum atomic E-state index is -0.434. The molecule has 0 aliphatic heterocycles. The van der Waals surface area contributed by atoms with Crippen LogP contribution < -0.4 is 0 Å². The van der Waals surface area contributed by atoms with Crippen molar-refractivity contribution in [1.29, 1.82) is 0 Å². The first-order valence-corrected chi connectivity index (χ1v) is 8.14. The lowest BCUT2D eigenvalue weighted by atomic mass is 10.1. The van der Waals surface area contributed by atoms with Gasteiger partial charge in [-0.25, -0.2) is 0 Å². The summed E-state index contributed by atoms with van der Waals surface area (Å²) in [7, 11) is 0. The number of nitrogens with zero attached hydrogens (tertiary/aromatic N) is 1. The smallest absolute Gasteiger partial charge is 0.294 e. The fraction of sp³-hybridized carbons (Fsp3) is 0.0625. The zero-order valence-electron chi connectivity index (χ0n) is 11.6. The lowest BCUT2D eigenvalue weighted by molar-refractivity contribution is -0.387. The quantitative estimate of drug-likeness (QED) is 0.377. The van der Waals surface area contributed by atoms with Crippen molar-refractivity contribution in [2.75, 3.05) is 0 Å². The van der Waals surface area contributed by atoms with Crippen LogP contribution in [0.2, 0.25) is 0 Å². The van der Waals surface area contributed by atoms with Crippen LogP contribution in [0.25, 0.3) is 10.8 Å². The molecule has 0 radical (unpaired) electrons. The maximum atomic E-state index is 11.5. The number of fused-ring (bicyclic) bond motifs is 1. The van der Waals surface area contributed by atoms with Crippen LogP contribution in [0.4, 0.5) is 5.69 Å². The number of carbonyl (C=O) groups excluding carboxylic acids is 1. The number of rotatable bonds is 4. The number of nitro groups is 1. The molecule has 0 amide bonds. The largest absolute Gasteiger partial charge is 0.294 e. The summed E-state index contributed by atoms with van der Waals surface area (Å²) in [5.74, 6) is -0.155. The molecule has 0 atom stereocenters. The predicted molar refractivity (Wildman–Crippen MR) is 89.0 cm³/mol. The third-order valence-electron chi connectivity index (χ3n) is 3.18. The van der Waals surface area contributed by atoms with Crippen LogP contribution >= 0.6 is 23.1 Å². The molecule has 0 unspecified atom stereocenters. The second kappa shape index (κ2) is 5.90. The Labute approximate surface area is 134 Å². The number of benzene rings is 2. The molecule has 1 heterocycles. The molecule has 0 aliphatic carbocycles. The van der Waals surface area contributed by atoms with E-state index in [9.17, 15) is 14.9 Å². The monoisotopic (exact) mass is 329 g/mol. The first-order chi connectivity index (χ1) is 10.6. The van der Waals surface area contributed by atoms with Crippen LogP contribution in [0, 0.1) is 10.1 Å². The molecule has 2 aromatic carbocycles. The van der Waals surface area contributed by atoms with Crippen LogP contribution in [0.1, 0.15) is 16.6 Å². The average molecular weight is 329 g/mol. The number of thiophene rings is 1. The zero-order chi connectivity index (χ0) is 15.7. The Morgan fingerprint density at radius 2 is 1.91 bits per heavy atom. The highest BCUT2D eigenvalue weighted by Gasteiger charge is 2.22. The molecule has 0 fully saturated rings. The summed E-state index contributed by atoms with van der Waals surface area (Å²) in [6.07, 6.45) is 0. The van der Waals surface area contributed by atoms with Crippen LogP contribution in [0.3, 0.4) is 0 Å². The minimum absolute atomic E-state index is 0.00636. The van der Waals surface area contributed by atoms with Gasteiger partial charge in [-0.15, -0.1) is 11.3 Å². The maximum absolute atomic E-state index is 11.5.